The van der Waals surface area contributed by atoms with E-state index in [1.807, 2.05) is 0 Å². The van der Waals surface area contributed by atoms with E-state index in [4.69, 9.17) is 10.5 Å². The van der Waals surface area contributed by atoms with Gasteiger partial charge in [0, 0.05) is 22.4 Å². The van der Waals surface area contributed by atoms with Crippen molar-refractivity contribution < 1.29 is 17.9 Å². The number of hydrogen-bond donors (Lipinski definition) is 1. The molecule has 2 aliphatic rings. The summed E-state index contributed by atoms with van der Waals surface area (Å²) in [4.78, 5) is 3.62. The summed E-state index contributed by atoms with van der Waals surface area (Å²) < 4.78 is 45.8. The quantitative estimate of drug-likeness (QED) is 0.904. The molecule has 102 valence electrons. The third kappa shape index (κ3) is 1.91. The summed E-state index contributed by atoms with van der Waals surface area (Å²) in [6, 6.07) is 2.81. The molecule has 1 aromatic carbocycles. The second-order valence-electron chi connectivity index (χ2n) is 4.72. The normalized spacial score (nSPS) is 32.6. The number of nitrogens with two attached hydrogens (primary N) is 1. The molecule has 3 atom stereocenters. The highest BCUT2D eigenvalue weighted by Gasteiger charge is 2.66. The maximum absolute atomic E-state index is 13.9. The van der Waals surface area contributed by atoms with Crippen LogP contribution in [0.3, 0.4) is 0 Å². The molecule has 1 aliphatic heterocycles. The maximum atomic E-state index is 13.9. The first kappa shape index (κ1) is 12.8. The topological polar surface area (TPSA) is 47.6 Å². The molecule has 1 fully saturated rings. The van der Waals surface area contributed by atoms with Gasteiger partial charge in [-0.25, -0.2) is 18.2 Å². The van der Waals surface area contributed by atoms with Crippen molar-refractivity contribution in [2.45, 2.75) is 24.5 Å². The number of rotatable bonds is 2. The van der Waals surface area contributed by atoms with Crippen molar-refractivity contribution in [3.63, 3.8) is 0 Å². The molecule has 1 saturated carbocycles. The lowest BCUT2D eigenvalue weighted by atomic mass is 10.0. The second-order valence-corrected chi connectivity index (χ2v) is 5.63. The minimum atomic E-state index is -2.63. The van der Waals surface area contributed by atoms with E-state index >= 15 is 0 Å². The first-order valence-corrected chi connectivity index (χ1v) is 6.49. The molecule has 1 aromatic rings. The van der Waals surface area contributed by atoms with E-state index in [9.17, 15) is 13.2 Å². The van der Waals surface area contributed by atoms with Crippen LogP contribution in [-0.2, 0) is 10.3 Å². The highest BCUT2D eigenvalue weighted by molar-refractivity contribution is 9.10. The molecule has 7 heteroatoms. The van der Waals surface area contributed by atoms with Crippen LogP contribution < -0.4 is 5.73 Å². The molecule has 2 N–H and O–H groups in total. The van der Waals surface area contributed by atoms with Gasteiger partial charge >= 0.3 is 0 Å². The Morgan fingerprint density at radius 1 is 1.47 bits per heavy atom. The predicted octanol–water partition coefficient (Wildman–Crippen LogP) is 2.78. The van der Waals surface area contributed by atoms with Crippen molar-refractivity contribution in [3.05, 3.63) is 34.1 Å². The van der Waals surface area contributed by atoms with E-state index in [0.29, 0.717) is 10.9 Å². The standard InChI is InChI=1S/C12H10BrF3N2O/c13-5-1-2-8(14)6(3-5)12-4-7(12)9(10(15)16)18-11(17)19-12/h1-3,7,9-10H,4H2,(H2,17,18). The molecule has 0 amide bonds. The van der Waals surface area contributed by atoms with E-state index in [2.05, 4.69) is 20.9 Å². The molecule has 0 saturated heterocycles. The number of alkyl halides is 2. The zero-order valence-electron chi connectivity index (χ0n) is 9.62. The highest BCUT2D eigenvalue weighted by atomic mass is 79.9. The molecule has 3 unspecified atom stereocenters. The van der Waals surface area contributed by atoms with Gasteiger partial charge in [-0.1, -0.05) is 15.9 Å². The van der Waals surface area contributed by atoms with E-state index in [1.54, 1.807) is 0 Å². The Morgan fingerprint density at radius 2 is 2.21 bits per heavy atom. The van der Waals surface area contributed by atoms with Gasteiger partial charge in [-0.3, -0.25) is 0 Å². The number of hydrogen-bond acceptors (Lipinski definition) is 3. The number of aliphatic imine (C=N–C) groups is 1. The van der Waals surface area contributed by atoms with Crippen molar-refractivity contribution in [3.8, 4) is 0 Å². The summed E-state index contributed by atoms with van der Waals surface area (Å²) in [6.45, 7) is 0. The van der Waals surface area contributed by atoms with Gasteiger partial charge in [0.1, 0.15) is 17.5 Å². The first-order valence-electron chi connectivity index (χ1n) is 5.70. The van der Waals surface area contributed by atoms with Gasteiger partial charge in [0.15, 0.2) is 0 Å². The lowest BCUT2D eigenvalue weighted by Crippen LogP contribution is -2.37. The van der Waals surface area contributed by atoms with Gasteiger partial charge in [0.25, 0.3) is 12.4 Å². The molecule has 0 aromatic heterocycles. The van der Waals surface area contributed by atoms with Gasteiger partial charge in [0.2, 0.25) is 0 Å². The number of fused-ring (bicyclic) bond motifs is 1. The van der Waals surface area contributed by atoms with Gasteiger partial charge < -0.3 is 10.5 Å². The van der Waals surface area contributed by atoms with Crippen molar-refractivity contribution in [1.29, 1.82) is 0 Å². The molecular formula is C12H10BrF3N2O. The molecule has 3 rings (SSSR count). The van der Waals surface area contributed by atoms with E-state index in [-0.39, 0.29) is 11.6 Å². The number of halogens is 4. The number of nitrogens with zero attached hydrogens (tertiary/aromatic N) is 1. The minimum Gasteiger partial charge on any atom is -0.453 e. The van der Waals surface area contributed by atoms with Crippen LogP contribution in [0.25, 0.3) is 0 Å². The number of amidine groups is 1. The summed E-state index contributed by atoms with van der Waals surface area (Å²) in [6.07, 6.45) is -2.34. The summed E-state index contributed by atoms with van der Waals surface area (Å²) in [5.41, 5.74) is 4.60. The van der Waals surface area contributed by atoms with Crippen molar-refractivity contribution in [2.24, 2.45) is 16.6 Å². The zero-order valence-corrected chi connectivity index (χ0v) is 11.2. The second kappa shape index (κ2) is 4.13. The Bertz CT molecular complexity index is 566. The SMILES string of the molecule is NC1=NC(C(F)F)C2CC2(c2cc(Br)ccc2F)O1. The van der Waals surface area contributed by atoms with Crippen molar-refractivity contribution >= 4 is 22.0 Å². The monoisotopic (exact) mass is 334 g/mol. The number of benzene rings is 1. The summed E-state index contributed by atoms with van der Waals surface area (Å²) in [5, 5.41) is 0. The summed E-state index contributed by atoms with van der Waals surface area (Å²) >= 11 is 3.23. The maximum Gasteiger partial charge on any atom is 0.283 e. The number of ether oxygens (including phenoxy) is 1. The third-order valence-electron chi connectivity index (χ3n) is 3.58. The van der Waals surface area contributed by atoms with Gasteiger partial charge in [0.05, 0.1) is 0 Å². The van der Waals surface area contributed by atoms with Crippen LogP contribution in [0.15, 0.2) is 27.7 Å². The fourth-order valence-electron chi connectivity index (χ4n) is 2.65. The molecule has 0 bridgehead atoms. The van der Waals surface area contributed by atoms with Crippen LogP contribution in [0.1, 0.15) is 12.0 Å². The van der Waals surface area contributed by atoms with E-state index in [0.717, 1.165) is 0 Å². The molecule has 1 aliphatic carbocycles. The molecule has 0 radical (unpaired) electrons. The molecule has 3 nitrogen and oxygen atoms in total. The minimum absolute atomic E-state index is 0.246. The molecule has 1 heterocycles. The van der Waals surface area contributed by atoms with Crippen molar-refractivity contribution in [1.82, 2.24) is 0 Å². The van der Waals surface area contributed by atoms with Crippen LogP contribution in [0.2, 0.25) is 0 Å². The largest absolute Gasteiger partial charge is 0.453 e. The van der Waals surface area contributed by atoms with Gasteiger partial charge in [-0.15, -0.1) is 0 Å². The van der Waals surface area contributed by atoms with Gasteiger partial charge in [-0.05, 0) is 18.2 Å². The smallest absolute Gasteiger partial charge is 0.283 e. The molecule has 19 heavy (non-hydrogen) atoms. The van der Waals surface area contributed by atoms with Crippen LogP contribution in [-0.4, -0.2) is 18.5 Å². The highest BCUT2D eigenvalue weighted by Crippen LogP contribution is 2.60. The van der Waals surface area contributed by atoms with E-state index < -0.39 is 29.8 Å². The Kier molecular flexibility index (Phi) is 2.78. The summed E-state index contributed by atoms with van der Waals surface area (Å²) in [5.74, 6) is -1.03. The van der Waals surface area contributed by atoms with Crippen LogP contribution in [0, 0.1) is 11.7 Å². The fraction of sp³-hybridized carbons (Fsp3) is 0.417. The summed E-state index contributed by atoms with van der Waals surface area (Å²) in [7, 11) is 0. The average Bonchev–Trinajstić information content (AvgIpc) is 3.06. The first-order chi connectivity index (χ1) is 8.94. The Hall–Kier alpha value is -1.24. The molecule has 0 spiro atoms. The predicted molar refractivity (Wildman–Crippen MR) is 66.4 cm³/mol. The fourth-order valence-corrected chi connectivity index (χ4v) is 3.01. The van der Waals surface area contributed by atoms with Crippen LogP contribution >= 0.6 is 15.9 Å². The Balaban J connectivity index is 2.03. The lowest BCUT2D eigenvalue weighted by Gasteiger charge is -2.27. The Morgan fingerprint density at radius 3 is 2.89 bits per heavy atom. The molecular weight excluding hydrogens is 325 g/mol. The van der Waals surface area contributed by atoms with Gasteiger partial charge in [-0.2, -0.15) is 0 Å². The van der Waals surface area contributed by atoms with Crippen LogP contribution in [0.4, 0.5) is 13.2 Å². The zero-order chi connectivity index (χ0) is 13.8. The average molecular weight is 335 g/mol. The Labute approximate surface area is 115 Å². The van der Waals surface area contributed by atoms with Crippen LogP contribution in [0.5, 0.6) is 0 Å². The van der Waals surface area contributed by atoms with Crippen molar-refractivity contribution in [2.75, 3.05) is 0 Å². The lowest BCUT2D eigenvalue weighted by molar-refractivity contribution is 0.0545. The third-order valence-corrected chi connectivity index (χ3v) is 4.07. The van der Waals surface area contributed by atoms with E-state index in [1.165, 1.54) is 18.2 Å².